The second-order valence-corrected chi connectivity index (χ2v) is 5.15. The second-order valence-electron chi connectivity index (χ2n) is 4.27. The van der Waals surface area contributed by atoms with E-state index in [1.807, 2.05) is 4.68 Å². The van der Waals surface area contributed by atoms with Crippen LogP contribution in [-0.2, 0) is 12.8 Å². The first-order valence-corrected chi connectivity index (χ1v) is 7.03. The van der Waals surface area contributed by atoms with Gasteiger partial charge in [-0.2, -0.15) is 5.10 Å². The molecular weight excluding hydrogens is 230 g/mol. The summed E-state index contributed by atoms with van der Waals surface area (Å²) in [5.41, 5.74) is 9.60. The molecule has 2 N–H and O–H groups in total. The first-order valence-electron chi connectivity index (χ1n) is 5.80. The van der Waals surface area contributed by atoms with Gasteiger partial charge in [0.25, 0.3) is 0 Å². The van der Waals surface area contributed by atoms with Crippen LogP contribution in [0.3, 0.4) is 0 Å². The fraction of sp³-hybridized carbons (Fsp3) is 0.308. The van der Waals surface area contributed by atoms with Crippen LogP contribution in [0.1, 0.15) is 17.7 Å². The third-order valence-corrected chi connectivity index (χ3v) is 4.02. The molecule has 88 valence electrons. The number of benzene rings is 1. The SMILES string of the molecule is CSc1ccc(-n2nc(N)c3c2CCC3)cc1. The molecular formula is C13H15N3S. The zero-order valence-electron chi connectivity index (χ0n) is 9.81. The number of aromatic nitrogens is 2. The Morgan fingerprint density at radius 2 is 2.00 bits per heavy atom. The molecule has 1 aliphatic carbocycles. The lowest BCUT2D eigenvalue weighted by molar-refractivity contribution is 0.788. The molecule has 0 fully saturated rings. The average molecular weight is 245 g/mol. The van der Waals surface area contributed by atoms with Gasteiger partial charge < -0.3 is 5.73 Å². The molecule has 0 radical (unpaired) electrons. The van der Waals surface area contributed by atoms with Crippen LogP contribution in [0.25, 0.3) is 5.69 Å². The predicted octanol–water partition coefficient (Wildman–Crippen LogP) is 2.67. The topological polar surface area (TPSA) is 43.8 Å². The van der Waals surface area contributed by atoms with Gasteiger partial charge in [-0.15, -0.1) is 11.8 Å². The standard InChI is InChI=1S/C13H15N3S/c1-17-10-7-5-9(6-8-10)16-12-4-2-3-11(12)13(14)15-16/h5-8H,2-4H2,1H3,(H2,14,15). The Morgan fingerprint density at radius 1 is 1.24 bits per heavy atom. The molecule has 0 unspecified atom stereocenters. The smallest absolute Gasteiger partial charge is 0.149 e. The Morgan fingerprint density at radius 3 is 2.71 bits per heavy atom. The number of nitrogens with two attached hydrogens (primary N) is 1. The van der Waals surface area contributed by atoms with E-state index >= 15 is 0 Å². The Labute approximate surface area is 105 Å². The molecule has 1 aliphatic rings. The van der Waals surface area contributed by atoms with Crippen molar-refractivity contribution in [3.63, 3.8) is 0 Å². The van der Waals surface area contributed by atoms with Gasteiger partial charge in [0.2, 0.25) is 0 Å². The van der Waals surface area contributed by atoms with Gasteiger partial charge in [-0.25, -0.2) is 4.68 Å². The highest BCUT2D eigenvalue weighted by Crippen LogP contribution is 2.29. The summed E-state index contributed by atoms with van der Waals surface area (Å²) in [4.78, 5) is 1.27. The lowest BCUT2D eigenvalue weighted by Gasteiger charge is -2.05. The van der Waals surface area contributed by atoms with Crippen molar-refractivity contribution in [2.45, 2.75) is 24.2 Å². The van der Waals surface area contributed by atoms with Crippen molar-refractivity contribution in [1.29, 1.82) is 0 Å². The third-order valence-electron chi connectivity index (χ3n) is 3.28. The lowest BCUT2D eigenvalue weighted by Crippen LogP contribution is -2.01. The number of fused-ring (bicyclic) bond motifs is 1. The minimum absolute atomic E-state index is 0.700. The summed E-state index contributed by atoms with van der Waals surface area (Å²) in [6, 6.07) is 8.46. The molecule has 3 nitrogen and oxygen atoms in total. The molecule has 17 heavy (non-hydrogen) atoms. The number of nitrogen functional groups attached to an aromatic ring is 1. The van der Waals surface area contributed by atoms with Crippen molar-refractivity contribution in [3.8, 4) is 5.69 Å². The molecule has 0 saturated carbocycles. The first kappa shape index (κ1) is 10.7. The summed E-state index contributed by atoms with van der Waals surface area (Å²) < 4.78 is 2.00. The Bertz CT molecular complexity index is 543. The number of thioether (sulfide) groups is 1. The van der Waals surface area contributed by atoms with Gasteiger partial charge in [-0.1, -0.05) is 0 Å². The first-order chi connectivity index (χ1) is 8.29. The van der Waals surface area contributed by atoms with Crippen molar-refractivity contribution in [3.05, 3.63) is 35.5 Å². The van der Waals surface area contributed by atoms with Gasteiger partial charge >= 0.3 is 0 Å². The summed E-state index contributed by atoms with van der Waals surface area (Å²) in [6.07, 6.45) is 5.44. The monoisotopic (exact) mass is 245 g/mol. The number of hydrogen-bond acceptors (Lipinski definition) is 3. The largest absolute Gasteiger partial charge is 0.382 e. The van der Waals surface area contributed by atoms with Gasteiger partial charge in [0, 0.05) is 16.2 Å². The average Bonchev–Trinajstić information content (AvgIpc) is 2.94. The number of anilines is 1. The molecule has 2 aromatic rings. The molecule has 1 heterocycles. The Kier molecular flexibility index (Phi) is 2.59. The fourth-order valence-electron chi connectivity index (χ4n) is 2.40. The maximum Gasteiger partial charge on any atom is 0.149 e. The van der Waals surface area contributed by atoms with Gasteiger partial charge in [0.15, 0.2) is 0 Å². The number of rotatable bonds is 2. The summed E-state index contributed by atoms with van der Waals surface area (Å²) in [7, 11) is 0. The van der Waals surface area contributed by atoms with Crippen molar-refractivity contribution in [2.75, 3.05) is 12.0 Å². The molecule has 0 amide bonds. The van der Waals surface area contributed by atoms with Crippen LogP contribution in [0.2, 0.25) is 0 Å². The molecule has 1 aromatic heterocycles. The lowest BCUT2D eigenvalue weighted by atomic mass is 10.2. The second kappa shape index (κ2) is 4.11. The summed E-state index contributed by atoms with van der Waals surface area (Å²) >= 11 is 1.75. The summed E-state index contributed by atoms with van der Waals surface area (Å²) in [5, 5.41) is 4.45. The molecule has 0 atom stereocenters. The van der Waals surface area contributed by atoms with E-state index in [4.69, 9.17) is 5.73 Å². The molecule has 0 spiro atoms. The minimum atomic E-state index is 0.700. The van der Waals surface area contributed by atoms with Gasteiger partial charge in [-0.3, -0.25) is 0 Å². The predicted molar refractivity (Wildman–Crippen MR) is 71.8 cm³/mol. The molecule has 0 saturated heterocycles. The van der Waals surface area contributed by atoms with Crippen LogP contribution >= 0.6 is 11.8 Å². The van der Waals surface area contributed by atoms with Gasteiger partial charge in [-0.05, 0) is 49.8 Å². The zero-order chi connectivity index (χ0) is 11.8. The Balaban J connectivity index is 2.06. The molecule has 3 rings (SSSR count). The van der Waals surface area contributed by atoms with Crippen LogP contribution in [-0.4, -0.2) is 16.0 Å². The van der Waals surface area contributed by atoms with E-state index in [0.29, 0.717) is 5.82 Å². The maximum atomic E-state index is 5.95. The summed E-state index contributed by atoms with van der Waals surface area (Å²) in [6.45, 7) is 0. The van der Waals surface area contributed by atoms with E-state index in [1.54, 1.807) is 11.8 Å². The quantitative estimate of drug-likeness (QED) is 0.827. The van der Waals surface area contributed by atoms with Crippen molar-refractivity contribution in [1.82, 2.24) is 9.78 Å². The molecule has 0 aliphatic heterocycles. The normalized spacial score (nSPS) is 13.9. The fourth-order valence-corrected chi connectivity index (χ4v) is 2.81. The zero-order valence-corrected chi connectivity index (χ0v) is 10.6. The minimum Gasteiger partial charge on any atom is -0.382 e. The van der Waals surface area contributed by atoms with E-state index < -0.39 is 0 Å². The van der Waals surface area contributed by atoms with E-state index in [-0.39, 0.29) is 0 Å². The van der Waals surface area contributed by atoms with E-state index in [0.717, 1.165) is 18.5 Å². The highest BCUT2D eigenvalue weighted by Gasteiger charge is 2.21. The van der Waals surface area contributed by atoms with Crippen LogP contribution in [0.5, 0.6) is 0 Å². The van der Waals surface area contributed by atoms with Crippen LogP contribution in [0.4, 0.5) is 5.82 Å². The summed E-state index contributed by atoms with van der Waals surface area (Å²) in [5.74, 6) is 0.700. The van der Waals surface area contributed by atoms with Gasteiger partial charge in [0.1, 0.15) is 5.82 Å². The highest BCUT2D eigenvalue weighted by atomic mass is 32.2. The van der Waals surface area contributed by atoms with Crippen LogP contribution in [0, 0.1) is 0 Å². The van der Waals surface area contributed by atoms with Crippen molar-refractivity contribution >= 4 is 17.6 Å². The van der Waals surface area contributed by atoms with Crippen LogP contribution < -0.4 is 5.73 Å². The highest BCUT2D eigenvalue weighted by molar-refractivity contribution is 7.98. The van der Waals surface area contributed by atoms with E-state index in [2.05, 4.69) is 35.6 Å². The molecule has 4 heteroatoms. The van der Waals surface area contributed by atoms with Gasteiger partial charge in [0.05, 0.1) is 5.69 Å². The molecule has 0 bridgehead atoms. The van der Waals surface area contributed by atoms with Crippen LogP contribution in [0.15, 0.2) is 29.2 Å². The number of nitrogens with zero attached hydrogens (tertiary/aromatic N) is 2. The van der Waals surface area contributed by atoms with Crippen molar-refractivity contribution < 1.29 is 0 Å². The third kappa shape index (κ3) is 1.72. The van der Waals surface area contributed by atoms with Crippen molar-refractivity contribution in [2.24, 2.45) is 0 Å². The molecule has 1 aromatic carbocycles. The van der Waals surface area contributed by atoms with E-state index in [9.17, 15) is 0 Å². The Hall–Kier alpha value is -1.42. The van der Waals surface area contributed by atoms with E-state index in [1.165, 1.54) is 22.6 Å². The maximum absolute atomic E-state index is 5.95. The number of hydrogen-bond donors (Lipinski definition) is 1.